The summed E-state index contributed by atoms with van der Waals surface area (Å²) in [6, 6.07) is 89.9. The van der Waals surface area contributed by atoms with Crippen LogP contribution in [0.1, 0.15) is 0 Å². The summed E-state index contributed by atoms with van der Waals surface area (Å²) in [5.74, 6) is 0. The van der Waals surface area contributed by atoms with Crippen LogP contribution in [0.4, 0.5) is 0 Å². The van der Waals surface area contributed by atoms with E-state index in [9.17, 15) is 14.4 Å². The van der Waals surface area contributed by atoms with E-state index < -0.39 is 25.0 Å². The first-order valence-corrected chi connectivity index (χ1v) is 26.0. The van der Waals surface area contributed by atoms with Crippen molar-refractivity contribution in [2.24, 2.45) is 0 Å². The molecule has 0 aliphatic heterocycles. The molecule has 0 fully saturated rings. The molecule has 61 heavy (non-hydrogen) atoms. The summed E-state index contributed by atoms with van der Waals surface area (Å²) in [5.41, 5.74) is 0. The van der Waals surface area contributed by atoms with Gasteiger partial charge in [0, 0.05) is 21.7 Å². The fraction of sp³-hybridized carbons (Fsp3) is 0. The molecule has 0 aliphatic rings. The normalized spacial score (nSPS) is 11.1. The SMILES string of the molecule is O[Si](c1ccccc1)(c1ccccc1)c1ccccc1.O[Si](c1ccccc1)(c1ccccc1)c1ccccc1.O[Si](c1ccccc1)(c1ccccc1)c1ccccc1.[Ti]. The van der Waals surface area contributed by atoms with Crippen LogP contribution in [0, 0.1) is 0 Å². The zero-order chi connectivity index (χ0) is 41.5. The first-order chi connectivity index (χ1) is 29.4. The van der Waals surface area contributed by atoms with E-state index >= 15 is 0 Å². The van der Waals surface area contributed by atoms with Gasteiger partial charge in [0.1, 0.15) is 0 Å². The molecule has 3 N–H and O–H groups in total. The zero-order valence-corrected chi connectivity index (χ0v) is 38.4. The van der Waals surface area contributed by atoms with Gasteiger partial charge in [0.2, 0.25) is 0 Å². The number of hydrogen-bond donors (Lipinski definition) is 3. The Kier molecular flexibility index (Phi) is 15.9. The van der Waals surface area contributed by atoms with Crippen LogP contribution in [-0.4, -0.2) is 39.3 Å². The van der Waals surface area contributed by atoms with Gasteiger partial charge in [0.05, 0.1) is 0 Å². The first-order valence-electron chi connectivity index (χ1n) is 20.1. The summed E-state index contributed by atoms with van der Waals surface area (Å²) < 4.78 is 0. The number of benzene rings is 9. The van der Waals surface area contributed by atoms with E-state index in [-0.39, 0.29) is 21.7 Å². The van der Waals surface area contributed by atoms with Crippen molar-refractivity contribution in [1.82, 2.24) is 0 Å². The molecular weight excluding hydrogens is 829 g/mol. The van der Waals surface area contributed by atoms with Gasteiger partial charge in [0.15, 0.2) is 0 Å². The maximum atomic E-state index is 11.6. The minimum Gasteiger partial charge on any atom is -0.421 e. The smallest absolute Gasteiger partial charge is 0.285 e. The average Bonchev–Trinajstić information content (AvgIpc) is 3.36. The quantitative estimate of drug-likeness (QED) is 0.143. The summed E-state index contributed by atoms with van der Waals surface area (Å²) in [5, 5.41) is 9.10. The van der Waals surface area contributed by atoms with Crippen molar-refractivity contribution in [2.45, 2.75) is 0 Å². The maximum absolute atomic E-state index is 11.6. The summed E-state index contributed by atoms with van der Waals surface area (Å²) in [7, 11) is -8.63. The Balaban J connectivity index is 0.000000152. The fourth-order valence-corrected chi connectivity index (χ4v) is 16.7. The molecule has 0 atom stereocenters. The van der Waals surface area contributed by atoms with Crippen molar-refractivity contribution in [3.8, 4) is 0 Å². The minimum atomic E-state index is -2.88. The molecule has 7 heteroatoms. The van der Waals surface area contributed by atoms with E-state index in [1.54, 1.807) is 0 Å². The van der Waals surface area contributed by atoms with Crippen molar-refractivity contribution < 1.29 is 36.1 Å². The van der Waals surface area contributed by atoms with Crippen LogP contribution < -0.4 is 46.7 Å². The predicted octanol–water partition coefficient (Wildman–Crippen LogP) is 4.93. The molecule has 3 nitrogen and oxygen atoms in total. The van der Waals surface area contributed by atoms with E-state index in [0.29, 0.717) is 0 Å². The van der Waals surface area contributed by atoms with Gasteiger partial charge in [-0.15, -0.1) is 0 Å². The molecule has 0 aromatic heterocycles. The second-order valence-electron chi connectivity index (χ2n) is 14.4. The molecule has 0 aliphatic carbocycles. The Hall–Kier alpha value is -5.78. The van der Waals surface area contributed by atoms with Crippen LogP contribution in [0.15, 0.2) is 273 Å². The third-order valence-corrected chi connectivity index (χ3v) is 21.2. The van der Waals surface area contributed by atoms with E-state index in [2.05, 4.69) is 0 Å². The molecule has 0 saturated carbocycles. The predicted molar refractivity (Wildman–Crippen MR) is 259 cm³/mol. The van der Waals surface area contributed by atoms with Gasteiger partial charge in [-0.1, -0.05) is 273 Å². The molecule has 298 valence electrons. The minimum absolute atomic E-state index is 0. The Labute approximate surface area is 378 Å². The third-order valence-electron chi connectivity index (χ3n) is 10.7. The van der Waals surface area contributed by atoms with Crippen molar-refractivity contribution >= 4 is 71.6 Å². The average molecular weight is 877 g/mol. The monoisotopic (exact) mass is 876 g/mol. The molecule has 0 amide bonds. The molecule has 0 radical (unpaired) electrons. The van der Waals surface area contributed by atoms with E-state index in [0.717, 1.165) is 46.7 Å². The Morgan fingerprint density at radius 1 is 0.164 bits per heavy atom. The van der Waals surface area contributed by atoms with E-state index in [1.807, 2.05) is 273 Å². The van der Waals surface area contributed by atoms with Crippen LogP contribution in [0.25, 0.3) is 0 Å². The van der Waals surface area contributed by atoms with Crippen molar-refractivity contribution in [1.29, 1.82) is 0 Å². The van der Waals surface area contributed by atoms with Gasteiger partial charge in [-0.3, -0.25) is 0 Å². The molecule has 0 spiro atoms. The summed E-state index contributed by atoms with van der Waals surface area (Å²) in [6.07, 6.45) is 0. The molecule has 9 rings (SSSR count). The standard InChI is InChI=1S/3C18H16OSi.Ti/c3*19-20(16-10-4-1-5-11-16,17-12-6-2-7-13-17)18-14-8-3-9-15-18;/h3*1-15,19H;. The Bertz CT molecular complexity index is 2010. The van der Waals surface area contributed by atoms with Gasteiger partial charge < -0.3 is 14.4 Å². The van der Waals surface area contributed by atoms with Gasteiger partial charge in [-0.2, -0.15) is 0 Å². The summed E-state index contributed by atoms with van der Waals surface area (Å²) >= 11 is 0. The number of hydrogen-bond acceptors (Lipinski definition) is 3. The van der Waals surface area contributed by atoms with Crippen LogP contribution >= 0.6 is 0 Å². The Morgan fingerprint density at radius 3 is 0.328 bits per heavy atom. The van der Waals surface area contributed by atoms with Gasteiger partial charge in [-0.25, -0.2) is 0 Å². The topological polar surface area (TPSA) is 60.7 Å². The van der Waals surface area contributed by atoms with Gasteiger partial charge >= 0.3 is 0 Å². The van der Waals surface area contributed by atoms with Crippen LogP contribution in [0.2, 0.25) is 0 Å². The molecule has 9 aromatic carbocycles. The van der Waals surface area contributed by atoms with Crippen molar-refractivity contribution in [3.63, 3.8) is 0 Å². The molecular formula is C54H48O3Si3Ti. The largest absolute Gasteiger partial charge is 0.421 e. The van der Waals surface area contributed by atoms with Crippen LogP contribution in [-0.2, 0) is 21.7 Å². The van der Waals surface area contributed by atoms with E-state index in [1.165, 1.54) is 0 Å². The molecule has 0 unspecified atom stereocenters. The molecule has 9 aromatic rings. The van der Waals surface area contributed by atoms with Gasteiger partial charge in [0.25, 0.3) is 25.0 Å². The fourth-order valence-electron chi connectivity index (χ4n) is 7.61. The second-order valence-corrected chi connectivity index (χ2v) is 23.9. The summed E-state index contributed by atoms with van der Waals surface area (Å²) in [6.45, 7) is 0. The van der Waals surface area contributed by atoms with E-state index in [4.69, 9.17) is 0 Å². The molecule has 0 bridgehead atoms. The molecule has 0 saturated heterocycles. The van der Waals surface area contributed by atoms with Crippen LogP contribution in [0.5, 0.6) is 0 Å². The first kappa shape index (κ1) is 44.8. The maximum Gasteiger partial charge on any atom is 0.285 e. The van der Waals surface area contributed by atoms with Crippen LogP contribution in [0.3, 0.4) is 0 Å². The Morgan fingerprint density at radius 2 is 0.246 bits per heavy atom. The number of rotatable bonds is 9. The molecule has 0 heterocycles. The van der Waals surface area contributed by atoms with Crippen molar-refractivity contribution in [2.75, 3.05) is 0 Å². The van der Waals surface area contributed by atoms with Crippen molar-refractivity contribution in [3.05, 3.63) is 273 Å². The third kappa shape index (κ3) is 10.2. The zero-order valence-electron chi connectivity index (χ0n) is 33.8. The second kappa shape index (κ2) is 21.7. The summed E-state index contributed by atoms with van der Waals surface area (Å²) in [4.78, 5) is 34.7. The van der Waals surface area contributed by atoms with Gasteiger partial charge in [-0.05, 0) is 46.7 Å².